The lowest BCUT2D eigenvalue weighted by molar-refractivity contribution is 1.12. The summed E-state index contributed by atoms with van der Waals surface area (Å²) in [6, 6.07) is 56.0. The third-order valence-corrected chi connectivity index (χ3v) is 17.5. The number of hydrogen-bond donors (Lipinski definition) is 0. The predicted molar refractivity (Wildman–Crippen MR) is 354 cm³/mol. The molecule has 83 heavy (non-hydrogen) atoms. The lowest BCUT2D eigenvalue weighted by Gasteiger charge is -2.36. The molecule has 382 valence electrons. The zero-order valence-corrected chi connectivity index (χ0v) is 43.8. The largest absolute Gasteiger partial charge is 0.310 e. The Morgan fingerprint density at radius 2 is 0.530 bits per heavy atom. The maximum absolute atomic E-state index is 9.66. The molecule has 0 spiro atoms. The average molecular weight is 1070 g/mol. The van der Waals surface area contributed by atoms with E-state index in [4.69, 9.17) is 11.0 Å². The van der Waals surface area contributed by atoms with Crippen LogP contribution in [-0.2, 0) is 0 Å². The molecular formula is C78H47BN4. The highest BCUT2D eigenvalue weighted by Gasteiger charge is 2.40. The van der Waals surface area contributed by atoms with Crippen LogP contribution in [0.4, 0.5) is 0 Å². The number of benzene rings is 13. The highest BCUT2D eigenvalue weighted by atomic mass is 15.0. The van der Waals surface area contributed by atoms with E-state index in [9.17, 15) is 11.0 Å². The molecule has 0 amide bonds. The molecule has 0 N–H and O–H groups in total. The van der Waals surface area contributed by atoms with Crippen LogP contribution in [0.25, 0.3) is 153 Å². The van der Waals surface area contributed by atoms with Crippen molar-refractivity contribution in [3.05, 3.63) is 285 Å². The smallest absolute Gasteiger partial charge is 0.252 e. The van der Waals surface area contributed by atoms with Crippen molar-refractivity contribution in [2.45, 2.75) is 0 Å². The Hall–Kier alpha value is -10.9. The normalized spacial score (nSPS) is 15.3. The fraction of sp³-hybridized carbons (Fsp3) is 0. The molecule has 19 rings (SSSR count). The lowest BCUT2D eigenvalue weighted by Crippen LogP contribution is -2.59. The van der Waals surface area contributed by atoms with Gasteiger partial charge in [0.2, 0.25) is 0 Å². The molecule has 0 unspecified atom stereocenters. The minimum atomic E-state index is -0.723. The number of hydrogen-bond acceptors (Lipinski definition) is 0. The molecule has 0 saturated heterocycles. The second-order valence-corrected chi connectivity index (χ2v) is 21.5. The van der Waals surface area contributed by atoms with Crippen LogP contribution >= 0.6 is 0 Å². The monoisotopic (exact) mass is 1070 g/mol. The third-order valence-electron chi connectivity index (χ3n) is 17.5. The Morgan fingerprint density at radius 3 is 0.880 bits per heavy atom. The van der Waals surface area contributed by atoms with Gasteiger partial charge in [-0.1, -0.05) is 218 Å². The Labute approximate surface area is 499 Å². The number of nitrogens with zero attached hydrogens (tertiary/aromatic N) is 4. The average Bonchev–Trinajstić information content (AvgIpc) is 1.60. The van der Waals surface area contributed by atoms with Crippen molar-refractivity contribution in [2.75, 3.05) is 0 Å². The van der Waals surface area contributed by atoms with E-state index >= 15 is 0 Å². The van der Waals surface area contributed by atoms with Crippen LogP contribution < -0.4 is 16.4 Å². The first-order valence-corrected chi connectivity index (χ1v) is 27.6. The Kier molecular flexibility index (Phi) is 6.57. The van der Waals surface area contributed by atoms with Crippen molar-refractivity contribution in [2.24, 2.45) is 0 Å². The van der Waals surface area contributed by atoms with Crippen LogP contribution in [0.5, 0.6) is 0 Å². The van der Waals surface area contributed by atoms with E-state index in [2.05, 4.69) is 100 Å². The maximum Gasteiger partial charge on any atom is 0.252 e. The second-order valence-electron chi connectivity index (χ2n) is 21.5. The molecule has 4 nitrogen and oxygen atoms in total. The number of rotatable bonds is 2. The van der Waals surface area contributed by atoms with Gasteiger partial charge in [0.25, 0.3) is 6.71 Å². The minimum Gasteiger partial charge on any atom is -0.310 e. The van der Waals surface area contributed by atoms with E-state index in [1.54, 1.807) is 9.13 Å². The molecule has 5 heteroatoms. The summed E-state index contributed by atoms with van der Waals surface area (Å²) in [5.74, 6) is 0. The van der Waals surface area contributed by atoms with E-state index in [0.717, 1.165) is 103 Å². The van der Waals surface area contributed by atoms with Crippen molar-refractivity contribution in [1.29, 1.82) is 0 Å². The van der Waals surface area contributed by atoms with Gasteiger partial charge in [0.1, 0.15) is 0 Å². The Morgan fingerprint density at radius 1 is 0.241 bits per heavy atom. The van der Waals surface area contributed by atoms with Crippen molar-refractivity contribution >= 4 is 153 Å². The van der Waals surface area contributed by atoms with Gasteiger partial charge in [-0.15, -0.1) is 0 Å². The maximum atomic E-state index is 9.66. The first-order valence-electron chi connectivity index (χ1n) is 35.6. The highest BCUT2D eigenvalue weighted by molar-refractivity contribution is 7.00. The van der Waals surface area contributed by atoms with Gasteiger partial charge in [-0.25, -0.2) is 0 Å². The van der Waals surface area contributed by atoms with Crippen LogP contribution in [0.1, 0.15) is 21.9 Å². The molecule has 0 fully saturated rings. The van der Waals surface area contributed by atoms with Gasteiger partial charge in [-0.3, -0.25) is 0 Å². The molecule has 17 aromatic rings. The topological polar surface area (TPSA) is 19.7 Å². The van der Waals surface area contributed by atoms with E-state index in [-0.39, 0.29) is 43.6 Å². The SMILES string of the molecule is [2H]c1c([2H])c([2H])c2c(c1[2H])c1c([2H])c([2H])c([2H])c([2H])c1n2-c1ccc2c(c1)-n1c3ccccc3c3ccccc3c3ccccc3c3cc4c5ccccc5c5ccccc5c5ccccc5n5c4c(c31)B2c1ccc(-n2c3c([2H])c([2H])c([2H])c([2H])c3c3c([2H])c([2H])c([2H])c([2H])c32)cc1-5. The van der Waals surface area contributed by atoms with E-state index in [1.165, 1.54) is 0 Å². The molecule has 6 heterocycles. The third kappa shape index (κ3) is 6.04. The molecule has 0 atom stereocenters. The molecule has 0 saturated carbocycles. The number of aromatic nitrogens is 4. The summed E-state index contributed by atoms with van der Waals surface area (Å²) in [7, 11) is 0. The van der Waals surface area contributed by atoms with Crippen LogP contribution in [-0.4, -0.2) is 25.0 Å². The van der Waals surface area contributed by atoms with Crippen molar-refractivity contribution in [1.82, 2.24) is 18.3 Å². The van der Waals surface area contributed by atoms with E-state index in [1.807, 2.05) is 97.1 Å². The lowest BCUT2D eigenvalue weighted by atomic mass is 9.34. The second kappa shape index (κ2) is 16.8. The minimum absolute atomic E-state index is 0.0330. The first-order chi connectivity index (χ1) is 47.9. The summed E-state index contributed by atoms with van der Waals surface area (Å²) in [6.07, 6.45) is 0. The van der Waals surface area contributed by atoms with Crippen LogP contribution in [0.15, 0.2) is 285 Å². The number of fused-ring (bicyclic) bond motifs is 26. The highest BCUT2D eigenvalue weighted by Crippen LogP contribution is 2.43. The molecule has 13 aromatic carbocycles. The van der Waals surface area contributed by atoms with Gasteiger partial charge >= 0.3 is 0 Å². The van der Waals surface area contributed by atoms with Crippen molar-refractivity contribution in [3.8, 4) is 22.7 Å². The first kappa shape index (κ1) is 32.4. The standard InChI is InChI=1S/C78H47BN4/c1-5-25-54-50(21-1)52-23-3-7-27-56(52)64-47-65-57-28-8-4-24-53(57)51-22-2-6-26-55(51)59-30-10-20-40-73(59)83-75-46-49(81-70-37-17-13-33-62(70)63-34-14-18-38-71(63)81)42-44-67(75)79-66-43-41-48(80-68-35-15-11-31-60(68)61-32-12-16-36-69(61)80)45-74(66)82(77(64)76(79)78(65)83)72-39-19-9-29-58(54)72/h1-47H/i11D,12D,13D,14D,15D,16D,17D,18D,31D,32D,33D,34D,35D,36D,37D,38D. The molecular weight excluding hydrogens is 1000 g/mol. The molecule has 0 radical (unpaired) electrons. The molecule has 4 aromatic heterocycles. The van der Waals surface area contributed by atoms with Gasteiger partial charge in [0.15, 0.2) is 0 Å². The van der Waals surface area contributed by atoms with Gasteiger partial charge in [-0.05, 0) is 126 Å². The molecule has 2 aliphatic heterocycles. The predicted octanol–water partition coefficient (Wildman–Crippen LogP) is 18.1. The Balaban J connectivity index is 1.11. The summed E-state index contributed by atoms with van der Waals surface area (Å²) >= 11 is 0. The zero-order chi connectivity index (χ0) is 67.9. The Bertz CT molecular complexity index is 6350. The zero-order valence-electron chi connectivity index (χ0n) is 59.8. The van der Waals surface area contributed by atoms with Gasteiger partial charge < -0.3 is 18.3 Å². The summed E-state index contributed by atoms with van der Waals surface area (Å²) < 4.78 is 156. The van der Waals surface area contributed by atoms with Crippen LogP contribution in [0, 0.1) is 0 Å². The van der Waals surface area contributed by atoms with Crippen LogP contribution in [0.3, 0.4) is 0 Å². The summed E-state index contributed by atoms with van der Waals surface area (Å²) in [5.41, 5.74) is 7.38. The summed E-state index contributed by atoms with van der Waals surface area (Å²) in [5, 5.41) is 10.8. The van der Waals surface area contributed by atoms with E-state index < -0.39 is 103 Å². The van der Waals surface area contributed by atoms with Gasteiger partial charge in [-0.2, -0.15) is 0 Å². The molecule has 2 aliphatic rings. The summed E-state index contributed by atoms with van der Waals surface area (Å²) in [4.78, 5) is 0. The quantitative estimate of drug-likeness (QED) is 0.154. The van der Waals surface area contributed by atoms with Crippen LogP contribution in [0.2, 0.25) is 0 Å². The molecule has 0 bridgehead atoms. The van der Waals surface area contributed by atoms with E-state index in [0.29, 0.717) is 22.7 Å². The van der Waals surface area contributed by atoms with Crippen molar-refractivity contribution in [3.63, 3.8) is 0 Å². The van der Waals surface area contributed by atoms with Gasteiger partial charge in [0.05, 0.1) is 66.1 Å². The summed E-state index contributed by atoms with van der Waals surface area (Å²) in [6.45, 7) is -0.723. The fourth-order valence-electron chi connectivity index (χ4n) is 14.2. The number of para-hydroxylation sites is 6. The molecule has 0 aliphatic carbocycles. The van der Waals surface area contributed by atoms with Crippen molar-refractivity contribution < 1.29 is 21.9 Å². The van der Waals surface area contributed by atoms with Gasteiger partial charge in [0, 0.05) is 65.8 Å². The fourth-order valence-corrected chi connectivity index (χ4v) is 14.2.